The Hall–Kier alpha value is -2.94. The van der Waals surface area contributed by atoms with Crippen molar-refractivity contribution in [1.29, 1.82) is 0 Å². The SMILES string of the molecule is CCN(CC)c1ccc(/C=C/CC(C)(C)c2c(NC)ccc3ccccc23)c(O)c1. The van der Waals surface area contributed by atoms with Crippen molar-refractivity contribution in [2.75, 3.05) is 30.4 Å². The highest BCUT2D eigenvalue weighted by Gasteiger charge is 2.24. The molecule has 0 unspecified atom stereocenters. The lowest BCUT2D eigenvalue weighted by Crippen LogP contribution is -2.21. The Balaban J connectivity index is 1.87. The molecule has 0 radical (unpaired) electrons. The number of phenols is 1. The first-order valence-corrected chi connectivity index (χ1v) is 10.9. The Labute approximate surface area is 181 Å². The van der Waals surface area contributed by atoms with Gasteiger partial charge in [0.05, 0.1) is 0 Å². The van der Waals surface area contributed by atoms with Crippen molar-refractivity contribution in [3.05, 3.63) is 71.8 Å². The Kier molecular flexibility index (Phi) is 6.71. The first-order valence-electron chi connectivity index (χ1n) is 10.9. The van der Waals surface area contributed by atoms with E-state index in [9.17, 15) is 5.11 Å². The topological polar surface area (TPSA) is 35.5 Å². The molecule has 0 bridgehead atoms. The van der Waals surface area contributed by atoms with Gasteiger partial charge in [0, 0.05) is 43.1 Å². The van der Waals surface area contributed by atoms with Crippen LogP contribution in [0.2, 0.25) is 0 Å². The first kappa shape index (κ1) is 21.8. The minimum Gasteiger partial charge on any atom is -0.507 e. The molecule has 2 N–H and O–H groups in total. The summed E-state index contributed by atoms with van der Waals surface area (Å²) in [6, 6.07) is 18.9. The summed E-state index contributed by atoms with van der Waals surface area (Å²) < 4.78 is 0. The van der Waals surface area contributed by atoms with E-state index < -0.39 is 0 Å². The van der Waals surface area contributed by atoms with Gasteiger partial charge in [0.15, 0.2) is 0 Å². The molecule has 0 aromatic heterocycles. The van der Waals surface area contributed by atoms with Crippen LogP contribution in [0.25, 0.3) is 16.8 Å². The fourth-order valence-electron chi connectivity index (χ4n) is 4.25. The number of allylic oxidation sites excluding steroid dienone is 1. The molecule has 0 heterocycles. The molecular formula is C27H34N2O. The van der Waals surface area contributed by atoms with E-state index in [1.807, 2.05) is 25.3 Å². The molecule has 0 aliphatic rings. The molecule has 30 heavy (non-hydrogen) atoms. The van der Waals surface area contributed by atoms with E-state index in [0.717, 1.165) is 30.8 Å². The van der Waals surface area contributed by atoms with Crippen LogP contribution in [0.5, 0.6) is 5.75 Å². The van der Waals surface area contributed by atoms with Crippen LogP contribution < -0.4 is 10.2 Å². The molecule has 0 fully saturated rings. The quantitative estimate of drug-likeness (QED) is 0.434. The van der Waals surface area contributed by atoms with E-state index in [1.54, 1.807) is 0 Å². The summed E-state index contributed by atoms with van der Waals surface area (Å²) in [5.41, 5.74) is 4.34. The minimum absolute atomic E-state index is 0.0630. The van der Waals surface area contributed by atoms with Crippen molar-refractivity contribution in [2.45, 2.75) is 39.5 Å². The van der Waals surface area contributed by atoms with Crippen molar-refractivity contribution in [3.63, 3.8) is 0 Å². The van der Waals surface area contributed by atoms with Gasteiger partial charge in [0.25, 0.3) is 0 Å². The molecule has 0 spiro atoms. The number of rotatable bonds is 8. The van der Waals surface area contributed by atoms with E-state index in [0.29, 0.717) is 5.75 Å². The fraction of sp³-hybridized carbons (Fsp3) is 0.333. The monoisotopic (exact) mass is 402 g/mol. The fourth-order valence-corrected chi connectivity index (χ4v) is 4.25. The summed E-state index contributed by atoms with van der Waals surface area (Å²) in [5.74, 6) is 0.328. The summed E-state index contributed by atoms with van der Waals surface area (Å²) in [7, 11) is 1.98. The molecule has 158 valence electrons. The highest BCUT2D eigenvalue weighted by molar-refractivity contribution is 5.91. The zero-order valence-corrected chi connectivity index (χ0v) is 18.9. The summed E-state index contributed by atoms with van der Waals surface area (Å²) in [6.07, 6.45) is 5.08. The second-order valence-corrected chi connectivity index (χ2v) is 8.37. The lowest BCUT2D eigenvalue weighted by atomic mass is 9.78. The van der Waals surface area contributed by atoms with E-state index >= 15 is 0 Å². The molecule has 3 heteroatoms. The van der Waals surface area contributed by atoms with Gasteiger partial charge in [-0.25, -0.2) is 0 Å². The molecule has 0 aliphatic carbocycles. The van der Waals surface area contributed by atoms with Crippen molar-refractivity contribution in [2.24, 2.45) is 0 Å². The van der Waals surface area contributed by atoms with Crippen LogP contribution in [0.1, 0.15) is 45.2 Å². The number of phenolic OH excluding ortho intramolecular Hbond substituents is 1. The van der Waals surface area contributed by atoms with Gasteiger partial charge in [-0.05, 0) is 60.2 Å². The number of aromatic hydroxyl groups is 1. The van der Waals surface area contributed by atoms with Crippen LogP contribution in [0.15, 0.2) is 60.7 Å². The number of hydrogen-bond donors (Lipinski definition) is 2. The molecular weight excluding hydrogens is 368 g/mol. The molecule has 0 atom stereocenters. The average molecular weight is 403 g/mol. The van der Waals surface area contributed by atoms with Gasteiger partial charge in [-0.1, -0.05) is 56.3 Å². The Morgan fingerprint density at radius 3 is 2.40 bits per heavy atom. The maximum absolute atomic E-state index is 10.5. The molecule has 0 saturated heterocycles. The van der Waals surface area contributed by atoms with Gasteiger partial charge in [-0.2, -0.15) is 0 Å². The van der Waals surface area contributed by atoms with Crippen molar-refractivity contribution in [1.82, 2.24) is 0 Å². The van der Waals surface area contributed by atoms with Crippen LogP contribution in [-0.4, -0.2) is 25.2 Å². The van der Waals surface area contributed by atoms with Gasteiger partial charge in [-0.3, -0.25) is 0 Å². The van der Waals surface area contributed by atoms with E-state index in [1.165, 1.54) is 22.0 Å². The molecule has 3 nitrogen and oxygen atoms in total. The van der Waals surface area contributed by atoms with Gasteiger partial charge < -0.3 is 15.3 Å². The molecule has 0 aliphatic heterocycles. The normalized spacial score (nSPS) is 11.9. The molecule has 3 aromatic rings. The summed E-state index contributed by atoms with van der Waals surface area (Å²) in [4.78, 5) is 2.23. The summed E-state index contributed by atoms with van der Waals surface area (Å²) in [6.45, 7) is 10.7. The maximum atomic E-state index is 10.5. The van der Waals surface area contributed by atoms with Crippen molar-refractivity contribution >= 4 is 28.2 Å². The number of anilines is 2. The van der Waals surface area contributed by atoms with Crippen molar-refractivity contribution < 1.29 is 5.11 Å². The highest BCUT2D eigenvalue weighted by Crippen LogP contribution is 2.39. The van der Waals surface area contributed by atoms with E-state index in [4.69, 9.17) is 0 Å². The minimum atomic E-state index is -0.0630. The molecule has 3 rings (SSSR count). The number of nitrogens with one attached hydrogen (secondary N) is 1. The Morgan fingerprint density at radius 1 is 1.00 bits per heavy atom. The predicted molar refractivity (Wildman–Crippen MR) is 132 cm³/mol. The second-order valence-electron chi connectivity index (χ2n) is 8.37. The van der Waals surface area contributed by atoms with Gasteiger partial charge >= 0.3 is 0 Å². The third-order valence-corrected chi connectivity index (χ3v) is 5.94. The molecule has 3 aromatic carbocycles. The van der Waals surface area contributed by atoms with Crippen LogP contribution in [0, 0.1) is 0 Å². The third kappa shape index (κ3) is 4.46. The van der Waals surface area contributed by atoms with Crippen LogP contribution in [0.4, 0.5) is 11.4 Å². The second kappa shape index (κ2) is 9.25. The Bertz CT molecular complexity index is 1030. The van der Waals surface area contributed by atoms with Crippen molar-refractivity contribution in [3.8, 4) is 5.75 Å². The van der Waals surface area contributed by atoms with Crippen LogP contribution in [0.3, 0.4) is 0 Å². The van der Waals surface area contributed by atoms with Gasteiger partial charge in [0.2, 0.25) is 0 Å². The van der Waals surface area contributed by atoms with Crippen LogP contribution >= 0.6 is 0 Å². The smallest absolute Gasteiger partial charge is 0.124 e. The van der Waals surface area contributed by atoms with Gasteiger partial charge in [-0.15, -0.1) is 0 Å². The van der Waals surface area contributed by atoms with Gasteiger partial charge in [0.1, 0.15) is 5.75 Å². The predicted octanol–water partition coefficient (Wildman–Crippen LogP) is 6.81. The largest absolute Gasteiger partial charge is 0.507 e. The number of nitrogens with zero attached hydrogens (tertiary/aromatic N) is 1. The highest BCUT2D eigenvalue weighted by atomic mass is 16.3. The number of hydrogen-bond acceptors (Lipinski definition) is 3. The third-order valence-electron chi connectivity index (χ3n) is 5.94. The first-order chi connectivity index (χ1) is 14.4. The Morgan fingerprint density at radius 2 is 1.73 bits per heavy atom. The standard InChI is InChI=1S/C27H34N2O/c1-6-29(7-2)22-16-14-21(25(30)19-22)12-10-18-27(3,4)26-23-13-9-8-11-20(23)15-17-24(26)28-5/h8-17,19,28,30H,6-7,18H2,1-5H3/b12-10+. The average Bonchev–Trinajstić information content (AvgIpc) is 2.75. The number of benzene rings is 3. The van der Waals surface area contributed by atoms with E-state index in [2.05, 4.69) is 86.5 Å². The van der Waals surface area contributed by atoms with Crippen LogP contribution in [-0.2, 0) is 5.41 Å². The lowest BCUT2D eigenvalue weighted by Gasteiger charge is -2.28. The number of fused-ring (bicyclic) bond motifs is 1. The zero-order valence-electron chi connectivity index (χ0n) is 18.9. The summed E-state index contributed by atoms with van der Waals surface area (Å²) in [5, 5.41) is 16.4. The van der Waals surface area contributed by atoms with E-state index in [-0.39, 0.29) is 5.41 Å². The summed E-state index contributed by atoms with van der Waals surface area (Å²) >= 11 is 0. The molecule has 0 amide bonds. The lowest BCUT2D eigenvalue weighted by molar-refractivity contribution is 0.474. The molecule has 0 saturated carbocycles. The zero-order chi connectivity index (χ0) is 21.7. The maximum Gasteiger partial charge on any atom is 0.124 e.